The fourth-order valence-electron chi connectivity index (χ4n) is 3.90. The van der Waals surface area contributed by atoms with E-state index in [4.69, 9.17) is 18.9 Å². The molecule has 1 aliphatic carbocycles. The minimum absolute atomic E-state index is 0.0645. The Bertz CT molecular complexity index is 1170. The van der Waals surface area contributed by atoms with Crippen molar-refractivity contribution in [2.24, 2.45) is 0 Å². The first kappa shape index (κ1) is 23.0. The van der Waals surface area contributed by atoms with E-state index in [9.17, 15) is 9.59 Å². The summed E-state index contributed by atoms with van der Waals surface area (Å²) >= 11 is 0. The molecule has 1 aromatic heterocycles. The van der Waals surface area contributed by atoms with Crippen LogP contribution in [0.1, 0.15) is 34.0 Å². The number of Topliss-reactive ketones (excluding diaryl/α,β-unsaturated/α-hetero) is 1. The zero-order valence-electron chi connectivity index (χ0n) is 19.2. The number of amides is 1. The summed E-state index contributed by atoms with van der Waals surface area (Å²) in [6, 6.07) is 12.7. The summed E-state index contributed by atoms with van der Waals surface area (Å²) in [4.78, 5) is 33.7. The Morgan fingerprint density at radius 1 is 1.03 bits per heavy atom. The molecule has 0 bridgehead atoms. The summed E-state index contributed by atoms with van der Waals surface area (Å²) in [7, 11) is 4.64. The standard InChI is InChI=1S/C25H25N3O6/c1-31-21-11-16(12-22(32-2)24(21)33-3)15-9-19-18(20(29)10-15)13-26-25(27-19)28-23(30)14-34-17-7-5-4-6-8-17/h4-8,11-13,15H,9-10,14H2,1-3H3,(H,26,27,28,30)/t15-/m0/s1. The second kappa shape index (κ2) is 10.2. The van der Waals surface area contributed by atoms with Gasteiger partial charge in [-0.1, -0.05) is 18.2 Å². The SMILES string of the molecule is COc1cc([C@@H]2CC(=O)c3cnc(NC(=O)COc4ccccc4)nc3C2)cc(OC)c1OC. The summed E-state index contributed by atoms with van der Waals surface area (Å²) in [5, 5.41) is 2.63. The lowest BCUT2D eigenvalue weighted by Gasteiger charge is -2.24. The molecular formula is C25H25N3O6. The van der Waals surface area contributed by atoms with Crippen molar-refractivity contribution in [3.63, 3.8) is 0 Å². The number of nitrogens with one attached hydrogen (secondary N) is 1. The molecule has 9 heteroatoms. The lowest BCUT2D eigenvalue weighted by Crippen LogP contribution is -2.24. The van der Waals surface area contributed by atoms with Crippen LogP contribution in [0.5, 0.6) is 23.0 Å². The van der Waals surface area contributed by atoms with E-state index >= 15 is 0 Å². The minimum atomic E-state index is -0.396. The molecule has 0 unspecified atom stereocenters. The van der Waals surface area contributed by atoms with Gasteiger partial charge in [0.2, 0.25) is 11.7 Å². The number of para-hydroxylation sites is 1. The van der Waals surface area contributed by atoms with Gasteiger partial charge in [-0.2, -0.15) is 0 Å². The number of rotatable bonds is 8. The number of carbonyl (C=O) groups is 2. The molecule has 0 fully saturated rings. The molecule has 1 atom stereocenters. The zero-order chi connectivity index (χ0) is 24.1. The molecular weight excluding hydrogens is 438 g/mol. The predicted octanol–water partition coefficient (Wildman–Crippen LogP) is 3.43. The van der Waals surface area contributed by atoms with Crippen molar-refractivity contribution >= 4 is 17.6 Å². The number of carbonyl (C=O) groups excluding carboxylic acids is 2. The highest BCUT2D eigenvalue weighted by molar-refractivity contribution is 5.99. The molecule has 1 aliphatic rings. The van der Waals surface area contributed by atoms with Crippen molar-refractivity contribution in [1.29, 1.82) is 0 Å². The monoisotopic (exact) mass is 463 g/mol. The van der Waals surface area contributed by atoms with Crippen molar-refractivity contribution in [2.75, 3.05) is 33.3 Å². The van der Waals surface area contributed by atoms with Crippen LogP contribution in [0, 0.1) is 0 Å². The highest BCUT2D eigenvalue weighted by atomic mass is 16.5. The van der Waals surface area contributed by atoms with Gasteiger partial charge < -0.3 is 18.9 Å². The molecule has 0 saturated carbocycles. The smallest absolute Gasteiger partial charge is 0.264 e. The molecule has 1 heterocycles. The number of fused-ring (bicyclic) bond motifs is 1. The van der Waals surface area contributed by atoms with Crippen molar-refractivity contribution < 1.29 is 28.5 Å². The number of nitrogens with zero attached hydrogens (tertiary/aromatic N) is 2. The van der Waals surface area contributed by atoms with Gasteiger partial charge in [0.25, 0.3) is 5.91 Å². The first-order valence-corrected chi connectivity index (χ1v) is 10.7. The average molecular weight is 463 g/mol. The van der Waals surface area contributed by atoms with Gasteiger partial charge in [-0.25, -0.2) is 9.97 Å². The van der Waals surface area contributed by atoms with Gasteiger partial charge in [0, 0.05) is 12.6 Å². The summed E-state index contributed by atoms with van der Waals surface area (Å²) in [5.41, 5.74) is 1.90. The molecule has 1 N–H and O–H groups in total. The van der Waals surface area contributed by atoms with Gasteiger partial charge in [-0.3, -0.25) is 14.9 Å². The Morgan fingerprint density at radius 2 is 1.74 bits per heavy atom. The molecule has 1 amide bonds. The second-order valence-electron chi connectivity index (χ2n) is 7.69. The van der Waals surface area contributed by atoms with Gasteiger partial charge in [-0.05, 0) is 42.2 Å². The van der Waals surface area contributed by atoms with Gasteiger partial charge in [0.05, 0.1) is 32.6 Å². The predicted molar refractivity (Wildman–Crippen MR) is 124 cm³/mol. The molecule has 0 aliphatic heterocycles. The van der Waals surface area contributed by atoms with Gasteiger partial charge in [-0.15, -0.1) is 0 Å². The van der Waals surface area contributed by atoms with Crippen molar-refractivity contribution in [3.05, 3.63) is 65.5 Å². The topological polar surface area (TPSA) is 109 Å². The van der Waals surface area contributed by atoms with Crippen LogP contribution < -0.4 is 24.3 Å². The van der Waals surface area contributed by atoms with Crippen molar-refractivity contribution in [3.8, 4) is 23.0 Å². The number of anilines is 1. The number of aromatic nitrogens is 2. The second-order valence-corrected chi connectivity index (χ2v) is 7.69. The number of benzene rings is 2. The van der Waals surface area contributed by atoms with E-state index in [1.807, 2.05) is 30.3 Å². The molecule has 0 saturated heterocycles. The number of hydrogen-bond donors (Lipinski definition) is 1. The van der Waals surface area contributed by atoms with Crippen LogP contribution >= 0.6 is 0 Å². The highest BCUT2D eigenvalue weighted by Crippen LogP contribution is 2.42. The molecule has 34 heavy (non-hydrogen) atoms. The van der Waals surface area contributed by atoms with Crippen LogP contribution in [0.3, 0.4) is 0 Å². The Labute approximate surface area is 197 Å². The highest BCUT2D eigenvalue weighted by Gasteiger charge is 2.30. The largest absolute Gasteiger partial charge is 0.493 e. The average Bonchev–Trinajstić information content (AvgIpc) is 2.86. The van der Waals surface area contributed by atoms with Gasteiger partial charge in [0.15, 0.2) is 23.9 Å². The fourth-order valence-corrected chi connectivity index (χ4v) is 3.90. The first-order valence-electron chi connectivity index (χ1n) is 10.7. The summed E-state index contributed by atoms with van der Waals surface area (Å²) in [6.07, 6.45) is 2.25. The van der Waals surface area contributed by atoms with Gasteiger partial charge >= 0.3 is 0 Å². The van der Waals surface area contributed by atoms with E-state index in [2.05, 4.69) is 15.3 Å². The lowest BCUT2D eigenvalue weighted by atomic mass is 9.82. The first-order chi connectivity index (χ1) is 16.5. The van der Waals surface area contributed by atoms with Crippen LogP contribution in [0.4, 0.5) is 5.95 Å². The Morgan fingerprint density at radius 3 is 2.38 bits per heavy atom. The molecule has 0 spiro atoms. The fraction of sp³-hybridized carbons (Fsp3) is 0.280. The molecule has 176 valence electrons. The van der Waals surface area contributed by atoms with E-state index in [1.165, 1.54) is 13.3 Å². The van der Waals surface area contributed by atoms with E-state index in [-0.39, 0.29) is 24.3 Å². The number of ketones is 1. The van der Waals surface area contributed by atoms with Crippen LogP contribution in [0.25, 0.3) is 0 Å². The lowest BCUT2D eigenvalue weighted by molar-refractivity contribution is -0.118. The quantitative estimate of drug-likeness (QED) is 0.541. The third-order valence-corrected chi connectivity index (χ3v) is 5.56. The number of ether oxygens (including phenoxy) is 4. The third-order valence-electron chi connectivity index (χ3n) is 5.56. The summed E-state index contributed by atoms with van der Waals surface area (Å²) < 4.78 is 21.7. The molecule has 4 rings (SSSR count). The van der Waals surface area contributed by atoms with E-state index in [0.29, 0.717) is 47.1 Å². The Balaban J connectivity index is 1.51. The zero-order valence-corrected chi connectivity index (χ0v) is 19.2. The Hall–Kier alpha value is -4.14. The van der Waals surface area contributed by atoms with Crippen LogP contribution in [-0.2, 0) is 11.2 Å². The molecule has 2 aromatic carbocycles. The number of hydrogen-bond acceptors (Lipinski definition) is 8. The number of methoxy groups -OCH3 is 3. The van der Waals surface area contributed by atoms with Crippen LogP contribution in [0.15, 0.2) is 48.7 Å². The van der Waals surface area contributed by atoms with Crippen molar-refractivity contribution in [1.82, 2.24) is 9.97 Å². The molecule has 3 aromatic rings. The van der Waals surface area contributed by atoms with Crippen LogP contribution in [0.2, 0.25) is 0 Å². The van der Waals surface area contributed by atoms with Gasteiger partial charge in [0.1, 0.15) is 5.75 Å². The Kier molecular flexibility index (Phi) is 6.91. The maximum atomic E-state index is 12.8. The van der Waals surface area contributed by atoms with E-state index in [0.717, 1.165) is 5.56 Å². The maximum absolute atomic E-state index is 12.8. The molecule has 9 nitrogen and oxygen atoms in total. The summed E-state index contributed by atoms with van der Waals surface area (Å²) in [6.45, 7) is -0.183. The third kappa shape index (κ3) is 4.93. The molecule has 0 radical (unpaired) electrons. The van der Waals surface area contributed by atoms with E-state index < -0.39 is 5.91 Å². The van der Waals surface area contributed by atoms with Crippen LogP contribution in [-0.4, -0.2) is 49.6 Å². The van der Waals surface area contributed by atoms with Crippen molar-refractivity contribution in [2.45, 2.75) is 18.8 Å². The van der Waals surface area contributed by atoms with E-state index in [1.54, 1.807) is 26.4 Å². The minimum Gasteiger partial charge on any atom is -0.493 e. The summed E-state index contributed by atoms with van der Waals surface area (Å²) in [5.74, 6) is 1.63. The normalized spacial score (nSPS) is 14.7. The maximum Gasteiger partial charge on any atom is 0.264 e.